The summed E-state index contributed by atoms with van der Waals surface area (Å²) in [6, 6.07) is 4.61. The van der Waals surface area contributed by atoms with E-state index >= 15 is 0 Å². The summed E-state index contributed by atoms with van der Waals surface area (Å²) in [6.07, 6.45) is 0. The van der Waals surface area contributed by atoms with Crippen LogP contribution in [0.25, 0.3) is 0 Å². The number of benzene rings is 1. The van der Waals surface area contributed by atoms with E-state index in [2.05, 4.69) is 20.7 Å². The second-order valence-electron chi connectivity index (χ2n) is 4.43. The fourth-order valence-corrected chi connectivity index (χ4v) is 4.52. The van der Waals surface area contributed by atoms with Gasteiger partial charge in [0.25, 0.3) is 0 Å². The van der Waals surface area contributed by atoms with Gasteiger partial charge in [0.05, 0.1) is 0 Å². The average molecular weight is 393 g/mol. The first-order valence-corrected chi connectivity index (χ1v) is 9.21. The zero-order chi connectivity index (χ0) is 15.6. The standard InChI is InChI=1S/C13H14BrFN2O2S2/c1-8-2-3-20-11(8)7-17-21(18,19)12-5-10(14)4-9(6-16)13(12)15/h2-5,17H,6-7,16H2,1H3. The third kappa shape index (κ3) is 3.70. The summed E-state index contributed by atoms with van der Waals surface area (Å²) < 4.78 is 41.6. The molecule has 0 unspecified atom stereocenters. The van der Waals surface area contributed by atoms with Crippen molar-refractivity contribution >= 4 is 37.3 Å². The Kier molecular flexibility index (Phi) is 5.15. The zero-order valence-electron chi connectivity index (χ0n) is 11.2. The summed E-state index contributed by atoms with van der Waals surface area (Å²) in [5, 5.41) is 1.88. The molecular formula is C13H14BrFN2O2S2. The lowest BCUT2D eigenvalue weighted by molar-refractivity contribution is 0.549. The Hall–Kier alpha value is -0.800. The molecule has 2 rings (SSSR count). The van der Waals surface area contributed by atoms with Gasteiger partial charge in [-0.3, -0.25) is 0 Å². The van der Waals surface area contributed by atoms with Crippen LogP contribution >= 0.6 is 27.3 Å². The molecule has 4 nitrogen and oxygen atoms in total. The minimum absolute atomic E-state index is 0.0716. The normalized spacial score (nSPS) is 11.8. The van der Waals surface area contributed by atoms with Gasteiger partial charge in [-0.25, -0.2) is 17.5 Å². The van der Waals surface area contributed by atoms with E-state index in [0.717, 1.165) is 10.4 Å². The van der Waals surface area contributed by atoms with Crippen LogP contribution in [0.3, 0.4) is 0 Å². The molecular weight excluding hydrogens is 379 g/mol. The van der Waals surface area contributed by atoms with E-state index in [-0.39, 0.29) is 18.7 Å². The number of hydrogen-bond donors (Lipinski definition) is 2. The minimum atomic E-state index is -3.94. The predicted molar refractivity (Wildman–Crippen MR) is 85.1 cm³/mol. The summed E-state index contributed by atoms with van der Waals surface area (Å²) in [6.45, 7) is 1.96. The van der Waals surface area contributed by atoms with E-state index in [0.29, 0.717) is 4.47 Å². The van der Waals surface area contributed by atoms with Gasteiger partial charge < -0.3 is 5.73 Å². The van der Waals surface area contributed by atoms with Gasteiger partial charge in [-0.15, -0.1) is 11.3 Å². The summed E-state index contributed by atoms with van der Waals surface area (Å²) in [4.78, 5) is 0.500. The van der Waals surface area contributed by atoms with Crippen molar-refractivity contribution in [2.24, 2.45) is 5.73 Å². The van der Waals surface area contributed by atoms with E-state index in [1.807, 2.05) is 18.4 Å². The molecule has 0 aliphatic carbocycles. The number of sulfonamides is 1. The molecule has 0 saturated carbocycles. The zero-order valence-corrected chi connectivity index (χ0v) is 14.4. The quantitative estimate of drug-likeness (QED) is 0.821. The third-order valence-corrected chi connectivity index (χ3v) is 5.86. The highest BCUT2D eigenvalue weighted by atomic mass is 79.9. The molecule has 0 spiro atoms. The first kappa shape index (κ1) is 16.6. The molecule has 114 valence electrons. The van der Waals surface area contributed by atoms with E-state index in [1.54, 1.807) is 0 Å². The molecule has 0 aliphatic heterocycles. The van der Waals surface area contributed by atoms with Crippen LogP contribution in [-0.4, -0.2) is 8.42 Å². The van der Waals surface area contributed by atoms with Gasteiger partial charge in [0.2, 0.25) is 10.0 Å². The van der Waals surface area contributed by atoms with Crippen LogP contribution < -0.4 is 10.5 Å². The fourth-order valence-electron chi connectivity index (χ4n) is 1.79. The van der Waals surface area contributed by atoms with Gasteiger partial charge in [0.1, 0.15) is 10.7 Å². The van der Waals surface area contributed by atoms with Crippen molar-refractivity contribution in [2.45, 2.75) is 24.9 Å². The summed E-state index contributed by atoms with van der Waals surface area (Å²) in [5.74, 6) is -0.809. The van der Waals surface area contributed by atoms with Gasteiger partial charge in [0, 0.05) is 28.0 Å². The van der Waals surface area contributed by atoms with Crippen molar-refractivity contribution in [3.8, 4) is 0 Å². The first-order valence-electron chi connectivity index (χ1n) is 6.05. The number of nitrogens with one attached hydrogen (secondary N) is 1. The Morgan fingerprint density at radius 2 is 2.14 bits per heavy atom. The lowest BCUT2D eigenvalue weighted by atomic mass is 10.2. The molecule has 0 atom stereocenters. The van der Waals surface area contributed by atoms with Crippen LogP contribution in [0.4, 0.5) is 4.39 Å². The van der Waals surface area contributed by atoms with Crippen molar-refractivity contribution < 1.29 is 12.8 Å². The number of hydrogen-bond acceptors (Lipinski definition) is 4. The molecule has 0 radical (unpaired) electrons. The molecule has 1 aromatic heterocycles. The SMILES string of the molecule is Cc1ccsc1CNS(=O)(=O)c1cc(Br)cc(CN)c1F. The number of thiophene rings is 1. The van der Waals surface area contributed by atoms with Gasteiger partial charge in [-0.05, 0) is 36.1 Å². The highest BCUT2D eigenvalue weighted by Crippen LogP contribution is 2.24. The van der Waals surface area contributed by atoms with Crippen LogP contribution in [0.1, 0.15) is 16.0 Å². The first-order chi connectivity index (χ1) is 9.85. The van der Waals surface area contributed by atoms with Crippen molar-refractivity contribution in [3.05, 3.63) is 49.9 Å². The Morgan fingerprint density at radius 3 is 2.71 bits per heavy atom. The Bertz CT molecular complexity index is 760. The molecule has 21 heavy (non-hydrogen) atoms. The monoisotopic (exact) mass is 392 g/mol. The van der Waals surface area contributed by atoms with Gasteiger partial charge in [-0.2, -0.15) is 0 Å². The fraction of sp³-hybridized carbons (Fsp3) is 0.231. The van der Waals surface area contributed by atoms with Crippen LogP contribution in [0.5, 0.6) is 0 Å². The Morgan fingerprint density at radius 1 is 1.43 bits per heavy atom. The largest absolute Gasteiger partial charge is 0.326 e. The van der Waals surface area contributed by atoms with Gasteiger partial charge >= 0.3 is 0 Å². The second-order valence-corrected chi connectivity index (χ2v) is 8.08. The van der Waals surface area contributed by atoms with Gasteiger partial charge in [-0.1, -0.05) is 15.9 Å². The molecule has 2 aromatic rings. The summed E-state index contributed by atoms with van der Waals surface area (Å²) in [5.41, 5.74) is 6.58. The van der Waals surface area contributed by atoms with Crippen molar-refractivity contribution in [3.63, 3.8) is 0 Å². The highest BCUT2D eigenvalue weighted by molar-refractivity contribution is 9.10. The summed E-state index contributed by atoms with van der Waals surface area (Å²) in [7, 11) is -3.94. The molecule has 0 saturated heterocycles. The molecule has 1 heterocycles. The number of nitrogens with two attached hydrogens (primary N) is 1. The van der Waals surface area contributed by atoms with Crippen molar-refractivity contribution in [2.75, 3.05) is 0 Å². The number of aryl methyl sites for hydroxylation is 1. The van der Waals surface area contributed by atoms with Crippen molar-refractivity contribution in [1.29, 1.82) is 0 Å². The van der Waals surface area contributed by atoms with E-state index in [1.165, 1.54) is 23.5 Å². The molecule has 0 amide bonds. The van der Waals surface area contributed by atoms with Crippen LogP contribution in [0.2, 0.25) is 0 Å². The Labute approximate surface area is 135 Å². The molecule has 3 N–H and O–H groups in total. The van der Waals surface area contributed by atoms with Crippen LogP contribution in [0.15, 0.2) is 32.9 Å². The second kappa shape index (κ2) is 6.53. The molecule has 8 heteroatoms. The maximum atomic E-state index is 14.2. The maximum absolute atomic E-state index is 14.2. The number of rotatable bonds is 5. The van der Waals surface area contributed by atoms with E-state index < -0.39 is 20.7 Å². The lowest BCUT2D eigenvalue weighted by Crippen LogP contribution is -2.24. The maximum Gasteiger partial charge on any atom is 0.243 e. The average Bonchev–Trinajstić information content (AvgIpc) is 2.84. The lowest BCUT2D eigenvalue weighted by Gasteiger charge is -2.10. The minimum Gasteiger partial charge on any atom is -0.326 e. The molecule has 0 fully saturated rings. The summed E-state index contributed by atoms with van der Waals surface area (Å²) >= 11 is 4.62. The van der Waals surface area contributed by atoms with E-state index in [4.69, 9.17) is 5.73 Å². The van der Waals surface area contributed by atoms with Gasteiger partial charge in [0.15, 0.2) is 0 Å². The number of halogens is 2. The molecule has 1 aromatic carbocycles. The van der Waals surface area contributed by atoms with Crippen LogP contribution in [0, 0.1) is 12.7 Å². The predicted octanol–water partition coefficient (Wildman–Crippen LogP) is 2.90. The topological polar surface area (TPSA) is 72.2 Å². The van der Waals surface area contributed by atoms with Crippen LogP contribution in [-0.2, 0) is 23.1 Å². The molecule has 0 aliphatic rings. The third-order valence-electron chi connectivity index (χ3n) is 2.98. The Balaban J connectivity index is 2.32. The molecule has 0 bridgehead atoms. The van der Waals surface area contributed by atoms with E-state index in [9.17, 15) is 12.8 Å². The smallest absolute Gasteiger partial charge is 0.243 e. The van der Waals surface area contributed by atoms with Crippen molar-refractivity contribution in [1.82, 2.24) is 4.72 Å². The highest BCUT2D eigenvalue weighted by Gasteiger charge is 2.22.